The highest BCUT2D eigenvalue weighted by Gasteiger charge is 2.36. The van der Waals surface area contributed by atoms with E-state index in [0.29, 0.717) is 11.0 Å². The number of aliphatic imine (C=N–C) groups is 1. The number of alkyl halides is 3. The average molecular weight is 486 g/mol. The Morgan fingerprint density at radius 1 is 1.20 bits per heavy atom. The molecule has 4 unspecified atom stereocenters. The molecule has 1 aromatic carbocycles. The summed E-state index contributed by atoms with van der Waals surface area (Å²) in [4.78, 5) is 16.9. The predicted octanol–water partition coefficient (Wildman–Crippen LogP) is 4.15. The van der Waals surface area contributed by atoms with E-state index in [1.165, 1.54) is 6.08 Å². The van der Waals surface area contributed by atoms with Crippen LogP contribution >= 0.6 is 47.0 Å². The number of halogens is 3. The Bertz CT molecular complexity index is 838. The minimum absolute atomic E-state index is 0.0784. The lowest BCUT2D eigenvalue weighted by Crippen LogP contribution is -2.59. The highest BCUT2D eigenvalue weighted by Crippen LogP contribution is 2.31. The summed E-state index contributed by atoms with van der Waals surface area (Å²) in [6, 6.07) is 9.64. The molecule has 0 radical (unpaired) electrons. The summed E-state index contributed by atoms with van der Waals surface area (Å²) in [6.07, 6.45) is 11.2. The van der Waals surface area contributed by atoms with Gasteiger partial charge in [-0.05, 0) is 42.8 Å². The Kier molecular flexibility index (Phi) is 8.17. The molecule has 1 heterocycles. The van der Waals surface area contributed by atoms with Gasteiger partial charge in [-0.2, -0.15) is 0 Å². The molecule has 1 amide bonds. The van der Waals surface area contributed by atoms with Crippen LogP contribution in [0, 0.1) is 5.92 Å². The maximum Gasteiger partial charge on any atom is 0.245 e. The first-order valence-corrected chi connectivity index (χ1v) is 11.2. The number of nitrogens with one attached hydrogen (secondary N) is 3. The molecule has 1 aliphatic heterocycles. The molecule has 30 heavy (non-hydrogen) atoms. The van der Waals surface area contributed by atoms with E-state index >= 15 is 0 Å². The van der Waals surface area contributed by atoms with E-state index in [1.807, 2.05) is 42.6 Å². The molecule has 0 spiro atoms. The lowest BCUT2D eigenvalue weighted by Gasteiger charge is -2.37. The molecule has 1 saturated carbocycles. The third-order valence-corrected chi connectivity index (χ3v) is 5.93. The Labute approximate surface area is 196 Å². The predicted molar refractivity (Wildman–Crippen MR) is 129 cm³/mol. The van der Waals surface area contributed by atoms with Gasteiger partial charge in [-0.1, -0.05) is 77.6 Å². The number of nitrogens with zero attached hydrogens (tertiary/aromatic N) is 1. The summed E-state index contributed by atoms with van der Waals surface area (Å²) in [5.74, 6) is -0.0129. The molecule has 2 aliphatic rings. The van der Waals surface area contributed by atoms with Crippen molar-refractivity contribution in [2.45, 2.75) is 41.3 Å². The summed E-state index contributed by atoms with van der Waals surface area (Å²) in [7, 11) is 0. The number of hydrogen-bond acceptors (Lipinski definition) is 3. The van der Waals surface area contributed by atoms with Crippen molar-refractivity contribution < 1.29 is 4.79 Å². The lowest BCUT2D eigenvalue weighted by atomic mass is 9.80. The van der Waals surface area contributed by atoms with Crippen LogP contribution in [0.5, 0.6) is 0 Å². The monoisotopic (exact) mass is 484 g/mol. The average Bonchev–Trinajstić information content (AvgIpc) is 2.72. The molecule has 0 bridgehead atoms. The van der Waals surface area contributed by atoms with Crippen molar-refractivity contribution >= 4 is 70.3 Å². The van der Waals surface area contributed by atoms with Gasteiger partial charge >= 0.3 is 0 Å². The van der Waals surface area contributed by atoms with E-state index in [2.05, 4.69) is 27.0 Å². The topological polar surface area (TPSA) is 65.5 Å². The number of amides is 1. The van der Waals surface area contributed by atoms with Crippen molar-refractivity contribution in [3.8, 4) is 0 Å². The van der Waals surface area contributed by atoms with Crippen LogP contribution in [0.25, 0.3) is 6.08 Å². The smallest absolute Gasteiger partial charge is 0.245 e. The van der Waals surface area contributed by atoms with E-state index in [9.17, 15) is 4.79 Å². The van der Waals surface area contributed by atoms with Crippen molar-refractivity contribution in [2.75, 3.05) is 0 Å². The molecule has 0 saturated heterocycles. The number of fused-ring (bicyclic) bond motifs is 1. The van der Waals surface area contributed by atoms with Gasteiger partial charge < -0.3 is 16.0 Å². The number of hydrogen-bond donors (Lipinski definition) is 3. The molecule has 3 rings (SSSR count). The Morgan fingerprint density at radius 2 is 1.97 bits per heavy atom. The van der Waals surface area contributed by atoms with Gasteiger partial charge in [-0.25, -0.2) is 0 Å². The molecular formula is C21H23Cl3N4OS. The lowest BCUT2D eigenvalue weighted by molar-refractivity contribution is -0.117. The van der Waals surface area contributed by atoms with E-state index < -0.39 is 15.9 Å². The minimum atomic E-state index is -1.80. The number of carbonyl (C=O) groups is 1. The number of benzene rings is 1. The van der Waals surface area contributed by atoms with Crippen molar-refractivity contribution in [3.05, 3.63) is 54.1 Å². The largest absolute Gasteiger partial charge is 0.358 e. The van der Waals surface area contributed by atoms with E-state index in [-0.39, 0.29) is 12.1 Å². The Balaban J connectivity index is 1.58. The molecule has 3 N–H and O–H groups in total. The number of dihydropyridines is 1. The summed E-state index contributed by atoms with van der Waals surface area (Å²) >= 11 is 23.6. The van der Waals surface area contributed by atoms with Gasteiger partial charge in [0.2, 0.25) is 9.70 Å². The van der Waals surface area contributed by atoms with Gasteiger partial charge in [0.25, 0.3) is 0 Å². The van der Waals surface area contributed by atoms with Gasteiger partial charge in [0, 0.05) is 18.2 Å². The van der Waals surface area contributed by atoms with Crippen LogP contribution < -0.4 is 16.0 Å². The minimum Gasteiger partial charge on any atom is -0.358 e. The zero-order chi connectivity index (χ0) is 21.6. The third kappa shape index (κ3) is 6.71. The van der Waals surface area contributed by atoms with E-state index in [1.54, 1.807) is 6.08 Å². The maximum absolute atomic E-state index is 12.3. The molecular weight excluding hydrogens is 463 g/mol. The van der Waals surface area contributed by atoms with Gasteiger partial charge in [0.1, 0.15) is 6.17 Å². The fourth-order valence-electron chi connectivity index (χ4n) is 3.60. The summed E-state index contributed by atoms with van der Waals surface area (Å²) in [6.45, 7) is 0. The molecule has 4 atom stereocenters. The quantitative estimate of drug-likeness (QED) is 0.254. The SMILES string of the molecule is O=C(/C=C/c1ccccc1)NC(NC(=S)NC1CCCC2C=CC=NC21)C(Cl)(Cl)Cl. The second kappa shape index (κ2) is 10.6. The number of allylic oxidation sites excluding steroid dienone is 1. The van der Waals surface area contributed by atoms with Crippen LogP contribution in [0.3, 0.4) is 0 Å². The van der Waals surface area contributed by atoms with Gasteiger partial charge in [0.05, 0.1) is 12.1 Å². The number of thiocarbonyl (C=S) groups is 1. The first-order chi connectivity index (χ1) is 14.3. The van der Waals surface area contributed by atoms with Crippen LogP contribution in [0.1, 0.15) is 24.8 Å². The zero-order valence-electron chi connectivity index (χ0n) is 16.1. The second-order valence-corrected chi connectivity index (χ2v) is 10.00. The normalized spacial score (nSPS) is 24.2. The number of carbonyl (C=O) groups excluding carboxylic acids is 1. The fraction of sp³-hybridized carbons (Fsp3) is 0.381. The zero-order valence-corrected chi connectivity index (χ0v) is 19.2. The fourth-order valence-corrected chi connectivity index (χ4v) is 4.20. The second-order valence-electron chi connectivity index (χ2n) is 7.22. The van der Waals surface area contributed by atoms with Crippen LogP contribution in [0.15, 0.2) is 53.6 Å². The van der Waals surface area contributed by atoms with Crippen molar-refractivity contribution in [2.24, 2.45) is 10.9 Å². The standard InChI is InChI=1S/C21H23Cl3N4OS/c22-21(23,24)19(27-17(29)12-11-14-6-2-1-3-7-14)28-20(30)26-16-10-4-8-15-9-5-13-25-18(15)16/h1-3,5-7,9,11-13,15-16,18-19H,4,8,10H2,(H,27,29)(H2,26,28,30)/b12-11+. The molecule has 1 aromatic rings. The van der Waals surface area contributed by atoms with Gasteiger partial charge in [0.15, 0.2) is 5.11 Å². The third-order valence-electron chi connectivity index (χ3n) is 5.04. The van der Waals surface area contributed by atoms with E-state index in [4.69, 9.17) is 47.0 Å². The Hall–Kier alpha value is -1.60. The van der Waals surface area contributed by atoms with Crippen LogP contribution in [0.2, 0.25) is 0 Å². The molecule has 1 fully saturated rings. The van der Waals surface area contributed by atoms with E-state index in [0.717, 1.165) is 24.8 Å². The van der Waals surface area contributed by atoms with Crippen molar-refractivity contribution in [1.29, 1.82) is 0 Å². The first kappa shape index (κ1) is 23.1. The summed E-state index contributed by atoms with van der Waals surface area (Å²) in [5.41, 5.74) is 0.886. The van der Waals surface area contributed by atoms with Gasteiger partial charge in [-0.15, -0.1) is 0 Å². The molecule has 5 nitrogen and oxygen atoms in total. The van der Waals surface area contributed by atoms with Crippen LogP contribution in [-0.2, 0) is 4.79 Å². The first-order valence-electron chi connectivity index (χ1n) is 9.70. The van der Waals surface area contributed by atoms with Crippen molar-refractivity contribution in [1.82, 2.24) is 16.0 Å². The molecule has 160 valence electrons. The molecule has 0 aromatic heterocycles. The maximum atomic E-state index is 12.3. The molecule has 1 aliphatic carbocycles. The highest BCUT2D eigenvalue weighted by molar-refractivity contribution is 7.80. The van der Waals surface area contributed by atoms with Crippen LogP contribution in [0.4, 0.5) is 0 Å². The summed E-state index contributed by atoms with van der Waals surface area (Å²) in [5, 5.41) is 9.15. The Morgan fingerprint density at radius 3 is 2.70 bits per heavy atom. The number of rotatable bonds is 5. The highest BCUT2D eigenvalue weighted by atomic mass is 35.6. The van der Waals surface area contributed by atoms with Crippen LogP contribution in [-0.4, -0.2) is 39.3 Å². The summed E-state index contributed by atoms with van der Waals surface area (Å²) < 4.78 is -1.80. The van der Waals surface area contributed by atoms with Gasteiger partial charge in [-0.3, -0.25) is 9.79 Å². The van der Waals surface area contributed by atoms with Crippen molar-refractivity contribution in [3.63, 3.8) is 0 Å². The molecule has 9 heteroatoms.